The van der Waals surface area contributed by atoms with E-state index in [1.807, 2.05) is 48.5 Å². The van der Waals surface area contributed by atoms with Gasteiger partial charge in [-0.05, 0) is 35.1 Å². The van der Waals surface area contributed by atoms with Crippen molar-refractivity contribution in [1.29, 1.82) is 0 Å². The number of hydrogen-bond donors (Lipinski definition) is 2. The summed E-state index contributed by atoms with van der Waals surface area (Å²) in [6, 6.07) is 15.8. The average molecular weight is 401 g/mol. The second-order valence-corrected chi connectivity index (χ2v) is 7.98. The van der Waals surface area contributed by atoms with Crippen molar-refractivity contribution in [3.63, 3.8) is 0 Å². The Morgan fingerprint density at radius 2 is 1.59 bits per heavy atom. The Hall–Kier alpha value is -2.47. The number of rotatable bonds is 5. The van der Waals surface area contributed by atoms with Crippen LogP contribution in [0.5, 0.6) is 0 Å². The fraction of sp³-hybridized carbons (Fsp3) is 0.435. The highest BCUT2D eigenvalue weighted by atomic mass is 19.3. The highest BCUT2D eigenvalue weighted by Gasteiger charge is 2.52. The molecule has 4 rings (SSSR count). The fourth-order valence-electron chi connectivity index (χ4n) is 4.50. The molecule has 0 heterocycles. The molecule has 2 aromatic rings. The summed E-state index contributed by atoms with van der Waals surface area (Å²) in [6.07, 6.45) is 1.18. The molecule has 0 aromatic heterocycles. The van der Waals surface area contributed by atoms with Crippen LogP contribution in [0.1, 0.15) is 49.1 Å². The minimum atomic E-state index is -3.39. The molecule has 1 amide bonds. The minimum absolute atomic E-state index is 0.0480. The van der Waals surface area contributed by atoms with Gasteiger partial charge < -0.3 is 15.2 Å². The van der Waals surface area contributed by atoms with Gasteiger partial charge in [0.05, 0.1) is 6.54 Å². The van der Waals surface area contributed by atoms with Crippen LogP contribution in [0.2, 0.25) is 0 Å². The van der Waals surface area contributed by atoms with E-state index in [4.69, 9.17) is 4.74 Å². The third-order valence-electron chi connectivity index (χ3n) is 6.16. The molecule has 2 N–H and O–H groups in total. The first-order valence-electron chi connectivity index (χ1n) is 10.1. The number of halogens is 2. The van der Waals surface area contributed by atoms with Crippen LogP contribution in [-0.4, -0.2) is 35.9 Å². The summed E-state index contributed by atoms with van der Waals surface area (Å²) in [5.74, 6) is -3.52. The Kier molecular flexibility index (Phi) is 5.30. The van der Waals surface area contributed by atoms with Crippen molar-refractivity contribution in [3.8, 4) is 11.1 Å². The first-order chi connectivity index (χ1) is 13.9. The van der Waals surface area contributed by atoms with Gasteiger partial charge in [-0.3, -0.25) is 0 Å². The van der Waals surface area contributed by atoms with Gasteiger partial charge in [-0.1, -0.05) is 67.8 Å². The van der Waals surface area contributed by atoms with Crippen molar-refractivity contribution in [2.75, 3.05) is 13.2 Å². The van der Waals surface area contributed by atoms with E-state index in [2.05, 4.69) is 5.32 Å². The van der Waals surface area contributed by atoms with Gasteiger partial charge >= 0.3 is 6.09 Å². The van der Waals surface area contributed by atoms with E-state index in [0.717, 1.165) is 28.7 Å². The maximum absolute atomic E-state index is 14.5. The summed E-state index contributed by atoms with van der Waals surface area (Å²) in [5.41, 5.74) is 2.26. The summed E-state index contributed by atoms with van der Waals surface area (Å²) in [6.45, 7) is -0.865. The fourth-order valence-corrected chi connectivity index (χ4v) is 4.50. The predicted molar refractivity (Wildman–Crippen MR) is 106 cm³/mol. The molecule has 2 aromatic carbocycles. The highest BCUT2D eigenvalue weighted by molar-refractivity contribution is 5.79. The topological polar surface area (TPSA) is 58.6 Å². The summed E-state index contributed by atoms with van der Waals surface area (Å²) in [4.78, 5) is 12.1. The Balaban J connectivity index is 1.38. The van der Waals surface area contributed by atoms with Crippen LogP contribution in [0.25, 0.3) is 11.1 Å². The number of alkyl carbamates (subject to hydrolysis) is 1. The average Bonchev–Trinajstić information content (AvgIpc) is 3.05. The van der Waals surface area contributed by atoms with Crippen molar-refractivity contribution in [3.05, 3.63) is 59.7 Å². The predicted octanol–water partition coefficient (Wildman–Crippen LogP) is 4.86. The molecule has 4 nitrogen and oxygen atoms in total. The van der Waals surface area contributed by atoms with Crippen LogP contribution in [0.4, 0.5) is 13.6 Å². The molecular weight excluding hydrogens is 376 g/mol. The van der Waals surface area contributed by atoms with Crippen molar-refractivity contribution in [1.82, 2.24) is 5.32 Å². The lowest BCUT2D eigenvalue weighted by Crippen LogP contribution is -2.55. The molecule has 2 aliphatic carbocycles. The molecule has 0 spiro atoms. The van der Waals surface area contributed by atoms with Crippen molar-refractivity contribution >= 4 is 6.09 Å². The van der Waals surface area contributed by atoms with Gasteiger partial charge in [0.1, 0.15) is 12.2 Å². The first kappa shape index (κ1) is 19.8. The standard InChI is InChI=1S/C23H25F2NO3/c24-23(25,22(28)12-6-1-7-13-22)15-26-21(27)29-14-20-18-10-4-2-8-16(18)17-9-3-5-11-19(17)20/h2-5,8-11,20,28H,1,6-7,12-15H2,(H,26,27). The van der Waals surface area contributed by atoms with Crippen molar-refractivity contribution in [2.45, 2.75) is 49.5 Å². The van der Waals surface area contributed by atoms with E-state index in [1.165, 1.54) is 0 Å². The zero-order valence-electron chi connectivity index (χ0n) is 16.2. The normalized spacial score (nSPS) is 18.0. The zero-order chi connectivity index (χ0) is 20.5. The molecule has 29 heavy (non-hydrogen) atoms. The number of carbonyl (C=O) groups is 1. The van der Waals surface area contributed by atoms with Crippen molar-refractivity contribution in [2.24, 2.45) is 0 Å². The smallest absolute Gasteiger partial charge is 0.407 e. The first-order valence-corrected chi connectivity index (χ1v) is 10.1. The molecular formula is C23H25F2NO3. The second-order valence-electron chi connectivity index (χ2n) is 7.98. The van der Waals surface area contributed by atoms with Gasteiger partial charge in [0.25, 0.3) is 5.92 Å². The van der Waals surface area contributed by atoms with Crippen LogP contribution in [-0.2, 0) is 4.74 Å². The van der Waals surface area contributed by atoms with E-state index in [9.17, 15) is 18.7 Å². The third-order valence-corrected chi connectivity index (χ3v) is 6.16. The lowest BCUT2D eigenvalue weighted by Gasteiger charge is -2.38. The minimum Gasteiger partial charge on any atom is -0.449 e. The molecule has 0 saturated heterocycles. The lowest BCUT2D eigenvalue weighted by atomic mass is 9.80. The second kappa shape index (κ2) is 7.75. The van der Waals surface area contributed by atoms with Crippen LogP contribution >= 0.6 is 0 Å². The Morgan fingerprint density at radius 3 is 2.17 bits per heavy atom. The molecule has 1 fully saturated rings. The number of nitrogens with one attached hydrogen (secondary N) is 1. The van der Waals surface area contributed by atoms with Gasteiger partial charge in [0.2, 0.25) is 0 Å². The summed E-state index contributed by atoms with van der Waals surface area (Å²) in [7, 11) is 0. The maximum Gasteiger partial charge on any atom is 0.407 e. The van der Waals surface area contributed by atoms with E-state index in [-0.39, 0.29) is 25.4 Å². The zero-order valence-corrected chi connectivity index (χ0v) is 16.2. The van der Waals surface area contributed by atoms with Gasteiger partial charge in [-0.15, -0.1) is 0 Å². The maximum atomic E-state index is 14.5. The molecule has 0 atom stereocenters. The number of alkyl halides is 2. The molecule has 1 saturated carbocycles. The molecule has 0 unspecified atom stereocenters. The van der Waals surface area contributed by atoms with E-state index in [0.29, 0.717) is 12.8 Å². The Bertz CT molecular complexity index is 848. The lowest BCUT2D eigenvalue weighted by molar-refractivity contribution is -0.191. The van der Waals surface area contributed by atoms with Gasteiger partial charge in [-0.25, -0.2) is 13.6 Å². The van der Waals surface area contributed by atoms with Gasteiger partial charge in [0.15, 0.2) is 0 Å². The van der Waals surface area contributed by atoms with Gasteiger partial charge in [-0.2, -0.15) is 0 Å². The van der Waals surface area contributed by atoms with E-state index >= 15 is 0 Å². The summed E-state index contributed by atoms with van der Waals surface area (Å²) in [5, 5.41) is 12.4. The number of aliphatic hydroxyl groups is 1. The number of benzene rings is 2. The number of ether oxygens (including phenoxy) is 1. The molecule has 0 radical (unpaired) electrons. The summed E-state index contributed by atoms with van der Waals surface area (Å²) < 4.78 is 34.2. The van der Waals surface area contributed by atoms with Crippen LogP contribution in [0, 0.1) is 0 Å². The third kappa shape index (κ3) is 3.73. The Labute approximate surface area is 168 Å². The monoisotopic (exact) mass is 401 g/mol. The largest absolute Gasteiger partial charge is 0.449 e. The number of fused-ring (bicyclic) bond motifs is 3. The molecule has 6 heteroatoms. The molecule has 0 aliphatic heterocycles. The highest BCUT2D eigenvalue weighted by Crippen LogP contribution is 2.44. The quantitative estimate of drug-likeness (QED) is 0.753. The number of carbonyl (C=O) groups excluding carboxylic acids is 1. The van der Waals surface area contributed by atoms with Crippen LogP contribution < -0.4 is 5.32 Å². The molecule has 154 valence electrons. The van der Waals surface area contributed by atoms with Crippen LogP contribution in [0.3, 0.4) is 0 Å². The van der Waals surface area contributed by atoms with Crippen molar-refractivity contribution < 1.29 is 23.4 Å². The van der Waals surface area contributed by atoms with Gasteiger partial charge in [0, 0.05) is 5.92 Å². The molecule has 2 aliphatic rings. The SMILES string of the molecule is O=C(NCC(F)(F)C1(O)CCCCC1)OCC1c2ccccc2-c2ccccc21. The van der Waals surface area contributed by atoms with E-state index < -0.39 is 24.2 Å². The van der Waals surface area contributed by atoms with Crippen LogP contribution in [0.15, 0.2) is 48.5 Å². The number of amides is 1. The summed E-state index contributed by atoms with van der Waals surface area (Å²) >= 11 is 0. The Morgan fingerprint density at radius 1 is 1.03 bits per heavy atom. The van der Waals surface area contributed by atoms with E-state index in [1.54, 1.807) is 0 Å². The number of hydrogen-bond acceptors (Lipinski definition) is 3. The molecule has 0 bridgehead atoms.